The Kier molecular flexibility index (Phi) is 3.65. The van der Waals surface area contributed by atoms with E-state index in [1.165, 1.54) is 47.9 Å². The number of hydrogen-bond acceptors (Lipinski definition) is 0. The van der Waals surface area contributed by atoms with Crippen LogP contribution in [0, 0.1) is 13.8 Å². The molecule has 1 atom stereocenters. The van der Waals surface area contributed by atoms with Crippen molar-refractivity contribution in [3.63, 3.8) is 0 Å². The molecule has 0 spiro atoms. The minimum Gasteiger partial charge on any atom is -0.0648 e. The smallest absolute Gasteiger partial charge is 0.0159 e. The van der Waals surface area contributed by atoms with Crippen LogP contribution in [0.5, 0.6) is 0 Å². The molecule has 0 fully saturated rings. The quantitative estimate of drug-likeness (QED) is 0.643. The third kappa shape index (κ3) is 2.40. The van der Waals surface area contributed by atoms with E-state index < -0.39 is 0 Å². The van der Waals surface area contributed by atoms with E-state index in [2.05, 4.69) is 57.2 Å². The van der Waals surface area contributed by atoms with Gasteiger partial charge >= 0.3 is 0 Å². The van der Waals surface area contributed by atoms with Crippen LogP contribution in [0.2, 0.25) is 0 Å². The summed E-state index contributed by atoms with van der Waals surface area (Å²) in [6.45, 7) is 6.77. The molecule has 0 bridgehead atoms. The summed E-state index contributed by atoms with van der Waals surface area (Å²) in [5.74, 6) is 0.783. The monoisotopic (exact) mass is 264 g/mol. The van der Waals surface area contributed by atoms with E-state index in [4.69, 9.17) is 0 Å². The first-order valence-corrected chi connectivity index (χ1v) is 7.89. The van der Waals surface area contributed by atoms with Crippen molar-refractivity contribution in [2.75, 3.05) is 0 Å². The summed E-state index contributed by atoms with van der Waals surface area (Å²) in [5.41, 5.74) is 8.80. The van der Waals surface area contributed by atoms with Gasteiger partial charge < -0.3 is 0 Å². The molecule has 0 nitrogen and oxygen atoms in total. The maximum absolute atomic E-state index is 2.44. The number of fused-ring (bicyclic) bond motifs is 1. The molecule has 2 aromatic carbocycles. The number of hydrogen-bond donors (Lipinski definition) is 0. The first-order chi connectivity index (χ1) is 9.69. The van der Waals surface area contributed by atoms with Crippen LogP contribution in [-0.4, -0.2) is 0 Å². The maximum atomic E-state index is 2.44. The summed E-state index contributed by atoms with van der Waals surface area (Å²) in [4.78, 5) is 0. The van der Waals surface area contributed by atoms with E-state index in [0.717, 1.165) is 5.92 Å². The number of rotatable bonds is 2. The van der Waals surface area contributed by atoms with Gasteiger partial charge in [-0.1, -0.05) is 48.9 Å². The predicted octanol–water partition coefficient (Wildman–Crippen LogP) is 5.80. The van der Waals surface area contributed by atoms with E-state index in [1.807, 2.05) is 0 Å². The average molecular weight is 264 g/mol. The molecule has 1 aliphatic rings. The molecule has 0 amide bonds. The van der Waals surface area contributed by atoms with Crippen molar-refractivity contribution < 1.29 is 0 Å². The maximum Gasteiger partial charge on any atom is -0.0159 e. The molecule has 0 aliphatic heterocycles. The van der Waals surface area contributed by atoms with Crippen LogP contribution >= 0.6 is 0 Å². The van der Waals surface area contributed by atoms with Crippen LogP contribution in [0.1, 0.15) is 54.4 Å². The van der Waals surface area contributed by atoms with Gasteiger partial charge in [-0.3, -0.25) is 0 Å². The standard InChI is InChI=1S/C20H24/c1-4-16-6-5-7-18-13-19(12-15(3)20(16)18)17-10-8-14(2)9-11-17/h8-13,16H,4-7H2,1-3H3. The summed E-state index contributed by atoms with van der Waals surface area (Å²) in [5, 5.41) is 0. The van der Waals surface area contributed by atoms with Crippen LogP contribution in [0.4, 0.5) is 0 Å². The highest BCUT2D eigenvalue weighted by Gasteiger charge is 2.21. The van der Waals surface area contributed by atoms with E-state index in [-0.39, 0.29) is 0 Å². The lowest BCUT2D eigenvalue weighted by molar-refractivity contribution is 0.537. The van der Waals surface area contributed by atoms with Gasteiger partial charge in [-0.25, -0.2) is 0 Å². The first kappa shape index (κ1) is 13.4. The Hall–Kier alpha value is -1.56. The third-order valence-electron chi connectivity index (χ3n) is 4.76. The van der Waals surface area contributed by atoms with Gasteiger partial charge in [-0.05, 0) is 73.3 Å². The van der Waals surface area contributed by atoms with Crippen molar-refractivity contribution in [3.8, 4) is 11.1 Å². The van der Waals surface area contributed by atoms with Gasteiger partial charge in [0, 0.05) is 0 Å². The Morgan fingerprint density at radius 2 is 1.75 bits per heavy atom. The van der Waals surface area contributed by atoms with Crippen molar-refractivity contribution in [1.29, 1.82) is 0 Å². The van der Waals surface area contributed by atoms with Gasteiger partial charge in [-0.15, -0.1) is 0 Å². The largest absolute Gasteiger partial charge is 0.0648 e. The van der Waals surface area contributed by atoms with Crippen LogP contribution in [0.3, 0.4) is 0 Å². The van der Waals surface area contributed by atoms with Gasteiger partial charge in [0.15, 0.2) is 0 Å². The van der Waals surface area contributed by atoms with Crippen LogP contribution < -0.4 is 0 Å². The highest BCUT2D eigenvalue weighted by atomic mass is 14.3. The van der Waals surface area contributed by atoms with E-state index >= 15 is 0 Å². The molecule has 2 aromatic rings. The molecular formula is C20H24. The molecule has 0 saturated carbocycles. The summed E-state index contributed by atoms with van der Waals surface area (Å²) < 4.78 is 0. The molecular weight excluding hydrogens is 240 g/mol. The molecule has 0 aromatic heterocycles. The summed E-state index contributed by atoms with van der Waals surface area (Å²) >= 11 is 0. The minimum atomic E-state index is 0.783. The molecule has 0 saturated heterocycles. The molecule has 1 aliphatic carbocycles. The molecule has 3 rings (SSSR count). The van der Waals surface area contributed by atoms with Crippen molar-refractivity contribution in [3.05, 3.63) is 58.7 Å². The Bertz CT molecular complexity index is 605. The zero-order valence-electron chi connectivity index (χ0n) is 12.9. The lowest BCUT2D eigenvalue weighted by Gasteiger charge is -2.27. The van der Waals surface area contributed by atoms with Gasteiger partial charge in [-0.2, -0.15) is 0 Å². The van der Waals surface area contributed by atoms with Crippen molar-refractivity contribution in [2.45, 2.75) is 52.4 Å². The molecule has 1 unspecified atom stereocenters. The fourth-order valence-corrected chi connectivity index (χ4v) is 3.67. The van der Waals surface area contributed by atoms with Crippen LogP contribution in [0.25, 0.3) is 11.1 Å². The molecule has 0 radical (unpaired) electrons. The van der Waals surface area contributed by atoms with E-state index in [0.29, 0.717) is 0 Å². The van der Waals surface area contributed by atoms with Gasteiger partial charge in [0.25, 0.3) is 0 Å². The zero-order valence-corrected chi connectivity index (χ0v) is 12.9. The first-order valence-electron chi connectivity index (χ1n) is 7.89. The molecule has 0 heteroatoms. The Balaban J connectivity index is 2.07. The van der Waals surface area contributed by atoms with Gasteiger partial charge in [0.05, 0.1) is 0 Å². The Labute approximate surface area is 122 Å². The number of aryl methyl sites for hydroxylation is 3. The second kappa shape index (κ2) is 5.44. The van der Waals surface area contributed by atoms with Gasteiger partial charge in [0.1, 0.15) is 0 Å². The fourth-order valence-electron chi connectivity index (χ4n) is 3.67. The lowest BCUT2D eigenvalue weighted by atomic mass is 9.78. The second-order valence-electron chi connectivity index (χ2n) is 6.23. The highest BCUT2D eigenvalue weighted by Crippen LogP contribution is 2.38. The Morgan fingerprint density at radius 3 is 2.45 bits per heavy atom. The van der Waals surface area contributed by atoms with Crippen LogP contribution in [0.15, 0.2) is 36.4 Å². The zero-order chi connectivity index (χ0) is 14.1. The molecule has 104 valence electrons. The minimum absolute atomic E-state index is 0.783. The molecule has 0 heterocycles. The summed E-state index contributed by atoms with van der Waals surface area (Å²) in [6.07, 6.45) is 5.25. The van der Waals surface area contributed by atoms with Crippen molar-refractivity contribution >= 4 is 0 Å². The highest BCUT2D eigenvalue weighted by molar-refractivity contribution is 5.67. The normalized spacial score (nSPS) is 17.9. The number of benzene rings is 2. The van der Waals surface area contributed by atoms with Gasteiger partial charge in [0.2, 0.25) is 0 Å². The second-order valence-corrected chi connectivity index (χ2v) is 6.23. The third-order valence-corrected chi connectivity index (χ3v) is 4.76. The topological polar surface area (TPSA) is 0 Å². The fraction of sp³-hybridized carbons (Fsp3) is 0.400. The summed E-state index contributed by atoms with van der Waals surface area (Å²) in [6, 6.07) is 13.7. The Morgan fingerprint density at radius 1 is 1.00 bits per heavy atom. The van der Waals surface area contributed by atoms with Crippen molar-refractivity contribution in [2.24, 2.45) is 0 Å². The van der Waals surface area contributed by atoms with E-state index in [9.17, 15) is 0 Å². The lowest BCUT2D eigenvalue weighted by Crippen LogP contribution is -2.11. The van der Waals surface area contributed by atoms with Crippen molar-refractivity contribution in [1.82, 2.24) is 0 Å². The average Bonchev–Trinajstić information content (AvgIpc) is 2.47. The SMILES string of the molecule is CCC1CCCc2cc(-c3ccc(C)cc3)cc(C)c21. The van der Waals surface area contributed by atoms with E-state index in [1.54, 1.807) is 11.1 Å². The van der Waals surface area contributed by atoms with Crippen LogP contribution in [-0.2, 0) is 6.42 Å². The molecule has 0 N–H and O–H groups in total. The summed E-state index contributed by atoms with van der Waals surface area (Å²) in [7, 11) is 0. The predicted molar refractivity (Wildman–Crippen MR) is 87.3 cm³/mol. The molecule has 20 heavy (non-hydrogen) atoms.